The van der Waals surface area contributed by atoms with Crippen LogP contribution in [0, 0.1) is 0 Å². The second-order valence-electron chi connectivity index (χ2n) is 26.1. The highest BCUT2D eigenvalue weighted by atomic mass is 31.2. The van der Waals surface area contributed by atoms with Gasteiger partial charge in [0.25, 0.3) is 0 Å². The topological polar surface area (TPSA) is 231 Å². The number of carbonyl (C=O) groups is 3. The average molecular weight is 1430 g/mol. The number of aliphatic hydroxyl groups excluding tert-OH is 2. The predicted molar refractivity (Wildman–Crippen MR) is 408 cm³/mol. The fourth-order valence-corrected chi connectivity index (χ4v) is 12.1. The molecule has 0 aliphatic rings. The number of esters is 3. The van der Waals surface area contributed by atoms with Crippen molar-refractivity contribution in [3.05, 3.63) is 109 Å². The van der Waals surface area contributed by atoms with E-state index in [1.165, 1.54) is 116 Å². The molecule has 0 spiro atoms. The molecule has 5 atom stereocenters. The van der Waals surface area contributed by atoms with E-state index in [1.54, 1.807) is 0 Å². The fourth-order valence-electron chi connectivity index (χ4n) is 10.5. The second-order valence-corrected chi connectivity index (χ2v) is 29.0. The summed E-state index contributed by atoms with van der Waals surface area (Å²) < 4.78 is 61.1. The zero-order valence-corrected chi connectivity index (χ0v) is 64.2. The summed E-state index contributed by atoms with van der Waals surface area (Å²) in [5.41, 5.74) is 0. The van der Waals surface area contributed by atoms with Gasteiger partial charge < -0.3 is 34.2 Å². The van der Waals surface area contributed by atoms with Gasteiger partial charge in [-0.1, -0.05) is 291 Å². The van der Waals surface area contributed by atoms with Gasteiger partial charge in [0.1, 0.15) is 25.4 Å². The maximum atomic E-state index is 13.0. The van der Waals surface area contributed by atoms with Gasteiger partial charge in [0, 0.05) is 19.3 Å². The molecule has 4 N–H and O–H groups in total. The molecule has 0 bridgehead atoms. The molecular weight excluding hydrogens is 1290 g/mol. The Kier molecular flexibility index (Phi) is 71.1. The first-order valence-electron chi connectivity index (χ1n) is 39.2. The molecule has 0 saturated heterocycles. The second kappa shape index (κ2) is 73.9. The zero-order valence-electron chi connectivity index (χ0n) is 62.4. The minimum atomic E-state index is -4.93. The summed E-state index contributed by atoms with van der Waals surface area (Å²) in [5.74, 6) is -1.59. The number of hydrogen-bond donors (Lipinski definition) is 4. The highest BCUT2D eigenvalue weighted by Crippen LogP contribution is 2.45. The number of aliphatic hydroxyl groups is 2. The summed E-state index contributed by atoms with van der Waals surface area (Å²) in [5, 5.41) is 20.6. The van der Waals surface area contributed by atoms with E-state index in [0.29, 0.717) is 19.3 Å². The van der Waals surface area contributed by atoms with Crippen LogP contribution in [-0.4, -0.2) is 95.9 Å². The summed E-state index contributed by atoms with van der Waals surface area (Å²) >= 11 is 0. The molecule has 99 heavy (non-hydrogen) atoms. The monoisotopic (exact) mass is 1430 g/mol. The van der Waals surface area contributed by atoms with Crippen molar-refractivity contribution < 1.29 is 75.8 Å². The summed E-state index contributed by atoms with van der Waals surface area (Å²) in [6, 6.07) is 0. The van der Waals surface area contributed by atoms with Gasteiger partial charge in [-0.25, -0.2) is 9.13 Å². The standard InChI is InChI=1S/C81H142O16P2/c1-4-7-10-13-16-19-22-25-28-30-32-33-34-35-36-37-38-39-40-41-43-45-47-49-52-55-58-61-64-67-79(84)91-70-76(82)71-93-98(87,88)94-72-77(83)73-95-99(89,90)96-75-78(97-81(86)69-66-63-60-57-54-51-46-27-24-21-18-15-12-9-6-3)74-92-80(85)68-65-62-59-56-53-50-48-44-42-31-29-26-23-20-17-14-11-8-5-2/h7,10,16-17,19-20,25-29,32-33,35-36,42,44,46,76-78,82-83H,4-6,8-9,11-15,18,21-24,30-31,34,37-41,43,45,47-75H2,1-3H3,(H,87,88)(H,89,90)/b10-7-,19-16-,20-17-,28-25-,29-26-,33-32-,36-35-,44-42-,46-27-. The molecule has 0 saturated carbocycles. The smallest absolute Gasteiger partial charge is 0.463 e. The van der Waals surface area contributed by atoms with Crippen molar-refractivity contribution in [3.8, 4) is 0 Å². The van der Waals surface area contributed by atoms with Gasteiger partial charge in [-0.2, -0.15) is 0 Å². The number of ether oxygens (including phenoxy) is 3. The van der Waals surface area contributed by atoms with Gasteiger partial charge in [0.15, 0.2) is 6.10 Å². The zero-order chi connectivity index (χ0) is 72.3. The Morgan fingerprint density at radius 1 is 0.293 bits per heavy atom. The van der Waals surface area contributed by atoms with Crippen LogP contribution in [0.4, 0.5) is 0 Å². The predicted octanol–water partition coefficient (Wildman–Crippen LogP) is 22.8. The van der Waals surface area contributed by atoms with Crippen LogP contribution in [-0.2, 0) is 55.8 Å². The molecule has 0 radical (unpaired) electrons. The minimum Gasteiger partial charge on any atom is -0.463 e. The number of rotatable bonds is 74. The maximum Gasteiger partial charge on any atom is 0.472 e. The molecule has 0 aromatic heterocycles. The number of phosphoric acid groups is 2. The highest BCUT2D eigenvalue weighted by Gasteiger charge is 2.29. The van der Waals surface area contributed by atoms with Gasteiger partial charge in [-0.05, 0) is 128 Å². The van der Waals surface area contributed by atoms with Crippen LogP contribution in [0.15, 0.2) is 109 Å². The van der Waals surface area contributed by atoms with E-state index < -0.39 is 91.5 Å². The van der Waals surface area contributed by atoms with Crippen molar-refractivity contribution in [1.82, 2.24) is 0 Å². The van der Waals surface area contributed by atoms with Crippen molar-refractivity contribution in [3.63, 3.8) is 0 Å². The minimum absolute atomic E-state index is 0.0920. The lowest BCUT2D eigenvalue weighted by molar-refractivity contribution is -0.161. The third-order valence-electron chi connectivity index (χ3n) is 16.5. The number of carbonyl (C=O) groups excluding carboxylic acids is 3. The quantitative estimate of drug-likeness (QED) is 0.0146. The molecule has 0 aliphatic heterocycles. The normalized spacial score (nSPS) is 14.6. The Morgan fingerprint density at radius 3 is 0.879 bits per heavy atom. The SMILES string of the molecule is CC/C=C\C/C=C\C/C=C\C/C=C\C/C=C\CCCCCCCCCCCCCCCC(=O)OCC(O)COP(=O)(O)OCC(O)COP(=O)(O)OCC(COC(=O)CCCCCCCC/C=C\C/C=C\C/C=C\CCCCC)OC(=O)CCCCCCC/C=C\CCCCCCCC. The van der Waals surface area contributed by atoms with Crippen LogP contribution in [0.3, 0.4) is 0 Å². The lowest BCUT2D eigenvalue weighted by Gasteiger charge is -2.21. The molecule has 572 valence electrons. The summed E-state index contributed by atoms with van der Waals surface area (Å²) in [6.07, 6.45) is 85.6. The maximum absolute atomic E-state index is 13.0. The van der Waals surface area contributed by atoms with Crippen molar-refractivity contribution >= 4 is 33.6 Å². The van der Waals surface area contributed by atoms with Crippen molar-refractivity contribution in [2.45, 2.75) is 347 Å². The molecule has 0 aromatic rings. The fraction of sp³-hybridized carbons (Fsp3) is 0.741. The lowest BCUT2D eigenvalue weighted by Crippen LogP contribution is -2.30. The molecule has 0 amide bonds. The van der Waals surface area contributed by atoms with E-state index in [2.05, 4.69) is 130 Å². The number of hydrogen-bond acceptors (Lipinski definition) is 14. The first kappa shape index (κ1) is 95.2. The van der Waals surface area contributed by atoms with E-state index in [9.17, 15) is 43.5 Å². The molecular formula is C81H142O16P2. The Morgan fingerprint density at radius 2 is 0.535 bits per heavy atom. The Labute approximate surface area is 602 Å². The first-order valence-corrected chi connectivity index (χ1v) is 42.2. The molecule has 0 aromatic carbocycles. The summed E-state index contributed by atoms with van der Waals surface area (Å²) in [7, 11) is -9.79. The molecule has 0 rings (SSSR count). The Bertz CT molecular complexity index is 2240. The Hall–Kier alpha value is -3.79. The van der Waals surface area contributed by atoms with Crippen molar-refractivity contribution in [2.75, 3.05) is 39.6 Å². The molecule has 16 nitrogen and oxygen atoms in total. The molecule has 0 fully saturated rings. The van der Waals surface area contributed by atoms with Crippen LogP contribution in [0.1, 0.15) is 329 Å². The average Bonchev–Trinajstić information content (AvgIpc) is 1.73. The van der Waals surface area contributed by atoms with Gasteiger partial charge in [-0.15, -0.1) is 0 Å². The number of phosphoric ester groups is 2. The van der Waals surface area contributed by atoms with E-state index >= 15 is 0 Å². The highest BCUT2D eigenvalue weighted by molar-refractivity contribution is 7.47. The van der Waals surface area contributed by atoms with Crippen LogP contribution < -0.4 is 0 Å². The Balaban J connectivity index is 4.52. The van der Waals surface area contributed by atoms with E-state index in [-0.39, 0.29) is 19.3 Å². The van der Waals surface area contributed by atoms with Crippen LogP contribution in [0.5, 0.6) is 0 Å². The van der Waals surface area contributed by atoms with E-state index in [0.717, 1.165) is 154 Å². The van der Waals surface area contributed by atoms with Gasteiger partial charge >= 0.3 is 33.6 Å². The van der Waals surface area contributed by atoms with Crippen LogP contribution >= 0.6 is 15.6 Å². The largest absolute Gasteiger partial charge is 0.472 e. The number of allylic oxidation sites excluding steroid dienone is 18. The number of unbranched alkanes of at least 4 members (excludes halogenated alkanes) is 33. The van der Waals surface area contributed by atoms with Crippen LogP contribution in [0.25, 0.3) is 0 Å². The van der Waals surface area contributed by atoms with E-state index in [4.69, 9.17) is 32.3 Å². The van der Waals surface area contributed by atoms with Crippen molar-refractivity contribution in [2.24, 2.45) is 0 Å². The molecule has 18 heteroatoms. The first-order chi connectivity index (χ1) is 48.2. The van der Waals surface area contributed by atoms with Gasteiger partial charge in [-0.3, -0.25) is 32.5 Å². The third kappa shape index (κ3) is 75.2. The van der Waals surface area contributed by atoms with Crippen molar-refractivity contribution in [1.29, 1.82) is 0 Å². The van der Waals surface area contributed by atoms with E-state index in [1.807, 2.05) is 0 Å². The van der Waals surface area contributed by atoms with Gasteiger partial charge in [0.2, 0.25) is 0 Å². The molecule has 0 heterocycles. The third-order valence-corrected chi connectivity index (χ3v) is 18.4. The molecule has 0 aliphatic carbocycles. The van der Waals surface area contributed by atoms with Gasteiger partial charge in [0.05, 0.1) is 26.4 Å². The van der Waals surface area contributed by atoms with Crippen LogP contribution in [0.2, 0.25) is 0 Å². The summed E-state index contributed by atoms with van der Waals surface area (Å²) in [6.45, 7) is 2.53. The lowest BCUT2D eigenvalue weighted by atomic mass is 10.0. The molecule has 5 unspecified atom stereocenters. The summed E-state index contributed by atoms with van der Waals surface area (Å²) in [4.78, 5) is 58.6.